The second-order valence-corrected chi connectivity index (χ2v) is 8.00. The zero-order valence-corrected chi connectivity index (χ0v) is 18.3. The second-order valence-electron chi connectivity index (χ2n) is 7.57. The molecular weight excluding hydrogens is 416 g/mol. The molecule has 4 aromatic rings. The topological polar surface area (TPSA) is 86.3 Å². The number of ether oxygens (including phenoxy) is 1. The SMILES string of the molecule is COc1ccc(Cl)cc1-c1cc(NC(=O)c2cnn3cccnc23)nn1CCC(C)C. The van der Waals surface area contributed by atoms with Gasteiger partial charge in [-0.05, 0) is 36.6 Å². The van der Waals surface area contributed by atoms with Gasteiger partial charge in [0, 0.05) is 35.6 Å². The van der Waals surface area contributed by atoms with Gasteiger partial charge in [0.15, 0.2) is 11.5 Å². The Morgan fingerprint density at radius 2 is 2.13 bits per heavy atom. The van der Waals surface area contributed by atoms with Gasteiger partial charge < -0.3 is 10.1 Å². The Morgan fingerprint density at radius 1 is 1.29 bits per heavy atom. The average molecular weight is 439 g/mol. The molecule has 0 bridgehead atoms. The van der Waals surface area contributed by atoms with Crippen molar-refractivity contribution in [3.63, 3.8) is 0 Å². The van der Waals surface area contributed by atoms with Crippen molar-refractivity contribution < 1.29 is 9.53 Å². The molecule has 0 aliphatic rings. The van der Waals surface area contributed by atoms with Crippen molar-refractivity contribution in [1.29, 1.82) is 0 Å². The molecule has 0 fully saturated rings. The van der Waals surface area contributed by atoms with Crippen LogP contribution in [-0.2, 0) is 6.54 Å². The van der Waals surface area contributed by atoms with Crippen LogP contribution in [0.4, 0.5) is 5.82 Å². The maximum atomic E-state index is 12.9. The van der Waals surface area contributed by atoms with Crippen molar-refractivity contribution in [2.75, 3.05) is 12.4 Å². The number of anilines is 1. The molecule has 0 unspecified atom stereocenters. The Hall–Kier alpha value is -3.39. The predicted octanol–water partition coefficient (Wildman–Crippen LogP) is 4.55. The Morgan fingerprint density at radius 3 is 2.90 bits per heavy atom. The number of methoxy groups -OCH3 is 1. The van der Waals surface area contributed by atoms with Crippen molar-refractivity contribution >= 4 is 29.0 Å². The summed E-state index contributed by atoms with van der Waals surface area (Å²) in [5.74, 6) is 1.29. The van der Waals surface area contributed by atoms with Gasteiger partial charge in [0.1, 0.15) is 11.3 Å². The van der Waals surface area contributed by atoms with Crippen LogP contribution >= 0.6 is 11.6 Å². The van der Waals surface area contributed by atoms with E-state index in [4.69, 9.17) is 16.3 Å². The number of amides is 1. The summed E-state index contributed by atoms with van der Waals surface area (Å²) < 4.78 is 8.95. The van der Waals surface area contributed by atoms with E-state index in [1.165, 1.54) is 6.20 Å². The fourth-order valence-electron chi connectivity index (χ4n) is 3.30. The highest BCUT2D eigenvalue weighted by Gasteiger charge is 2.19. The number of carbonyl (C=O) groups is 1. The number of hydrogen-bond donors (Lipinski definition) is 1. The summed E-state index contributed by atoms with van der Waals surface area (Å²) in [6.45, 7) is 5.00. The molecule has 1 aromatic carbocycles. The van der Waals surface area contributed by atoms with Gasteiger partial charge in [-0.2, -0.15) is 10.2 Å². The van der Waals surface area contributed by atoms with Gasteiger partial charge in [0.25, 0.3) is 5.91 Å². The van der Waals surface area contributed by atoms with Gasteiger partial charge in [0.2, 0.25) is 0 Å². The Labute approximate surface area is 184 Å². The maximum absolute atomic E-state index is 12.9. The summed E-state index contributed by atoms with van der Waals surface area (Å²) in [5.41, 5.74) is 2.48. The lowest BCUT2D eigenvalue weighted by Gasteiger charge is -2.12. The van der Waals surface area contributed by atoms with Crippen LogP contribution in [0, 0.1) is 5.92 Å². The Kier molecular flexibility index (Phi) is 5.90. The standard InChI is InChI=1S/C22H23ClN6O2/c1-14(2)7-10-28-18(16-11-15(23)5-6-19(16)31-3)12-20(27-28)26-22(30)17-13-25-29-9-4-8-24-21(17)29/h4-6,8-9,11-14H,7,10H2,1-3H3,(H,26,27,30). The number of nitrogens with one attached hydrogen (secondary N) is 1. The van der Waals surface area contributed by atoms with Crippen LogP contribution in [0.15, 0.2) is 48.9 Å². The van der Waals surface area contributed by atoms with E-state index in [1.807, 2.05) is 22.9 Å². The average Bonchev–Trinajstić information content (AvgIpc) is 3.36. The second kappa shape index (κ2) is 8.77. The smallest absolute Gasteiger partial charge is 0.262 e. The quantitative estimate of drug-likeness (QED) is 0.457. The molecule has 1 N–H and O–H groups in total. The molecule has 3 heterocycles. The lowest BCUT2D eigenvalue weighted by molar-refractivity contribution is 0.102. The van der Waals surface area contributed by atoms with Crippen molar-refractivity contribution in [3.8, 4) is 17.0 Å². The summed E-state index contributed by atoms with van der Waals surface area (Å²) in [7, 11) is 1.61. The van der Waals surface area contributed by atoms with Crippen LogP contribution in [0.3, 0.4) is 0 Å². The van der Waals surface area contributed by atoms with Gasteiger partial charge >= 0.3 is 0 Å². The molecule has 0 atom stereocenters. The van der Waals surface area contributed by atoms with Crippen LogP contribution in [0.2, 0.25) is 5.02 Å². The summed E-state index contributed by atoms with van der Waals surface area (Å²) in [6, 6.07) is 9.01. The van der Waals surface area contributed by atoms with E-state index < -0.39 is 0 Å². The molecule has 0 spiro atoms. The van der Waals surface area contributed by atoms with Crippen molar-refractivity contribution in [1.82, 2.24) is 24.4 Å². The number of benzene rings is 1. The van der Waals surface area contributed by atoms with Gasteiger partial charge in [-0.1, -0.05) is 25.4 Å². The molecule has 0 radical (unpaired) electrons. The van der Waals surface area contributed by atoms with Crippen molar-refractivity contribution in [2.24, 2.45) is 5.92 Å². The lowest BCUT2D eigenvalue weighted by atomic mass is 10.1. The molecule has 9 heteroatoms. The minimum Gasteiger partial charge on any atom is -0.496 e. The highest BCUT2D eigenvalue weighted by molar-refractivity contribution is 6.31. The Bertz CT molecular complexity index is 1230. The largest absolute Gasteiger partial charge is 0.496 e. The minimum atomic E-state index is -0.327. The number of carbonyl (C=O) groups excluding carboxylic acids is 1. The Balaban J connectivity index is 1.69. The molecular formula is C22H23ClN6O2. The zero-order chi connectivity index (χ0) is 22.0. The summed E-state index contributed by atoms with van der Waals surface area (Å²) in [6.07, 6.45) is 5.79. The first-order valence-corrected chi connectivity index (χ1v) is 10.4. The van der Waals surface area contributed by atoms with Gasteiger partial charge in [0.05, 0.1) is 19.0 Å². The molecule has 0 saturated carbocycles. The fraction of sp³-hybridized carbons (Fsp3) is 0.273. The first-order chi connectivity index (χ1) is 15.0. The number of nitrogens with zero attached hydrogens (tertiary/aromatic N) is 5. The third-order valence-corrected chi connectivity index (χ3v) is 5.14. The van der Waals surface area contributed by atoms with Crippen molar-refractivity contribution in [3.05, 3.63) is 59.5 Å². The highest BCUT2D eigenvalue weighted by Crippen LogP contribution is 2.34. The monoisotopic (exact) mass is 438 g/mol. The number of hydrogen-bond acceptors (Lipinski definition) is 5. The molecule has 160 valence electrons. The van der Waals surface area contributed by atoms with E-state index in [0.717, 1.165) is 17.7 Å². The number of aromatic nitrogens is 5. The highest BCUT2D eigenvalue weighted by atomic mass is 35.5. The summed E-state index contributed by atoms with van der Waals surface area (Å²) in [5, 5.41) is 12.3. The molecule has 0 saturated heterocycles. The van der Waals surface area contributed by atoms with E-state index in [2.05, 4.69) is 34.3 Å². The van der Waals surface area contributed by atoms with Crippen LogP contribution in [0.1, 0.15) is 30.6 Å². The third kappa shape index (κ3) is 4.39. The van der Waals surface area contributed by atoms with Gasteiger partial charge in [-0.15, -0.1) is 0 Å². The zero-order valence-electron chi connectivity index (χ0n) is 17.5. The predicted molar refractivity (Wildman–Crippen MR) is 120 cm³/mol. The van der Waals surface area contributed by atoms with E-state index in [0.29, 0.717) is 40.3 Å². The number of fused-ring (bicyclic) bond motifs is 1. The minimum absolute atomic E-state index is 0.327. The molecule has 0 aliphatic carbocycles. The molecule has 31 heavy (non-hydrogen) atoms. The number of halogens is 1. The van der Waals surface area contributed by atoms with Crippen LogP contribution in [0.25, 0.3) is 16.9 Å². The van der Waals surface area contributed by atoms with E-state index in [9.17, 15) is 4.79 Å². The molecule has 4 rings (SSSR count). The molecule has 0 aliphatic heterocycles. The fourth-order valence-corrected chi connectivity index (χ4v) is 3.47. The number of rotatable bonds is 7. The molecule has 1 amide bonds. The third-order valence-electron chi connectivity index (χ3n) is 4.90. The van der Waals surface area contributed by atoms with E-state index in [-0.39, 0.29) is 5.91 Å². The van der Waals surface area contributed by atoms with E-state index >= 15 is 0 Å². The summed E-state index contributed by atoms with van der Waals surface area (Å²) in [4.78, 5) is 17.1. The first kappa shape index (κ1) is 20.9. The van der Waals surface area contributed by atoms with Gasteiger partial charge in [-0.25, -0.2) is 9.50 Å². The van der Waals surface area contributed by atoms with Crippen molar-refractivity contribution in [2.45, 2.75) is 26.8 Å². The molecule has 8 nitrogen and oxygen atoms in total. The van der Waals surface area contributed by atoms with Crippen LogP contribution in [0.5, 0.6) is 5.75 Å². The van der Waals surface area contributed by atoms with E-state index in [1.54, 1.807) is 36.2 Å². The first-order valence-electron chi connectivity index (χ1n) is 9.97. The normalized spacial score (nSPS) is 11.3. The van der Waals surface area contributed by atoms with Crippen LogP contribution in [-0.4, -0.2) is 37.4 Å². The lowest BCUT2D eigenvalue weighted by Crippen LogP contribution is -2.13. The van der Waals surface area contributed by atoms with Crippen LogP contribution < -0.4 is 10.1 Å². The number of aryl methyl sites for hydroxylation is 1. The maximum Gasteiger partial charge on any atom is 0.262 e. The summed E-state index contributed by atoms with van der Waals surface area (Å²) >= 11 is 6.25. The van der Waals surface area contributed by atoms with Gasteiger partial charge in [-0.3, -0.25) is 9.48 Å². The molecule has 3 aromatic heterocycles.